The second kappa shape index (κ2) is 79.8. The summed E-state index contributed by atoms with van der Waals surface area (Å²) < 4.78 is 5.48. The number of unbranched alkanes of at least 4 members (excludes halogenated alkanes) is 66. The van der Waals surface area contributed by atoms with Gasteiger partial charge in [0, 0.05) is 12.8 Å². The summed E-state index contributed by atoms with van der Waals surface area (Å²) in [6.45, 7) is 4.93. The molecule has 0 aliphatic carbocycles. The molecule has 2 unspecified atom stereocenters. The second-order valence-electron chi connectivity index (χ2n) is 28.8. The van der Waals surface area contributed by atoms with Crippen molar-refractivity contribution >= 4 is 11.9 Å². The Bertz CT molecular complexity index is 1410. The fourth-order valence-corrected chi connectivity index (χ4v) is 13.4. The average molecular weight is 1270 g/mol. The van der Waals surface area contributed by atoms with E-state index in [0.717, 1.165) is 44.9 Å². The number of aliphatic hydroxyl groups excluding tert-OH is 2. The lowest BCUT2D eigenvalue weighted by Crippen LogP contribution is -2.45. The maximum absolute atomic E-state index is 12.6. The minimum Gasteiger partial charge on any atom is -0.466 e. The molecule has 0 aliphatic rings. The van der Waals surface area contributed by atoms with Crippen LogP contribution in [0, 0.1) is 0 Å². The van der Waals surface area contributed by atoms with Crippen LogP contribution in [0.5, 0.6) is 0 Å². The molecule has 1 amide bonds. The summed E-state index contributed by atoms with van der Waals surface area (Å²) in [5, 5.41) is 23.3. The Morgan fingerprint density at radius 1 is 0.300 bits per heavy atom. The van der Waals surface area contributed by atoms with Crippen LogP contribution in [0.2, 0.25) is 0 Å². The van der Waals surface area contributed by atoms with E-state index in [4.69, 9.17) is 4.74 Å². The van der Waals surface area contributed by atoms with Crippen molar-refractivity contribution in [3.8, 4) is 0 Å². The largest absolute Gasteiger partial charge is 0.466 e. The molecule has 2 atom stereocenters. The lowest BCUT2D eigenvalue weighted by Gasteiger charge is -2.20. The fraction of sp³-hybridized carbons (Fsp3) is 0.929. The van der Waals surface area contributed by atoms with Crippen molar-refractivity contribution in [2.45, 2.75) is 488 Å². The van der Waals surface area contributed by atoms with Gasteiger partial charge < -0.3 is 20.3 Å². The Morgan fingerprint density at radius 2 is 0.522 bits per heavy atom. The highest BCUT2D eigenvalue weighted by Crippen LogP contribution is 2.21. The van der Waals surface area contributed by atoms with Crippen LogP contribution in [0.15, 0.2) is 24.3 Å². The highest BCUT2D eigenvalue weighted by Gasteiger charge is 2.18. The first-order valence-electron chi connectivity index (χ1n) is 41.6. The Kier molecular flexibility index (Phi) is 78.3. The van der Waals surface area contributed by atoms with Crippen LogP contribution in [-0.2, 0) is 14.3 Å². The van der Waals surface area contributed by atoms with Crippen LogP contribution < -0.4 is 5.32 Å². The third-order valence-electron chi connectivity index (χ3n) is 19.7. The smallest absolute Gasteiger partial charge is 0.305 e. The van der Waals surface area contributed by atoms with Gasteiger partial charge in [-0.15, -0.1) is 0 Å². The molecule has 0 rings (SSSR count). The normalized spacial score (nSPS) is 12.5. The van der Waals surface area contributed by atoms with Crippen molar-refractivity contribution in [1.82, 2.24) is 5.32 Å². The minimum atomic E-state index is -0.842. The molecule has 6 nitrogen and oxygen atoms in total. The van der Waals surface area contributed by atoms with Gasteiger partial charge >= 0.3 is 5.97 Å². The molecule has 534 valence electrons. The summed E-state index contributed by atoms with van der Waals surface area (Å²) in [4.78, 5) is 24.6. The van der Waals surface area contributed by atoms with E-state index in [2.05, 4.69) is 31.3 Å². The highest BCUT2D eigenvalue weighted by molar-refractivity contribution is 5.76. The van der Waals surface area contributed by atoms with Gasteiger partial charge in [0.1, 0.15) is 0 Å². The lowest BCUT2D eigenvalue weighted by molar-refractivity contribution is -0.143. The van der Waals surface area contributed by atoms with E-state index in [-0.39, 0.29) is 18.5 Å². The lowest BCUT2D eigenvalue weighted by atomic mass is 10.0. The van der Waals surface area contributed by atoms with Crippen LogP contribution in [0.1, 0.15) is 476 Å². The quantitative estimate of drug-likeness (QED) is 0.0320. The third-order valence-corrected chi connectivity index (χ3v) is 19.7. The highest BCUT2D eigenvalue weighted by atomic mass is 16.5. The minimum absolute atomic E-state index is 0.0139. The van der Waals surface area contributed by atoms with Gasteiger partial charge in [-0.25, -0.2) is 0 Å². The van der Waals surface area contributed by atoms with Crippen LogP contribution in [-0.4, -0.2) is 47.4 Å². The number of carbonyl (C=O) groups excluding carboxylic acids is 2. The monoisotopic (exact) mass is 1270 g/mol. The van der Waals surface area contributed by atoms with Gasteiger partial charge in [-0.3, -0.25) is 9.59 Å². The zero-order chi connectivity index (χ0) is 64.9. The van der Waals surface area contributed by atoms with Crippen molar-refractivity contribution in [2.75, 3.05) is 13.2 Å². The molecule has 0 saturated carbocycles. The summed E-state index contributed by atoms with van der Waals surface area (Å²) in [5.74, 6) is -0.0427. The van der Waals surface area contributed by atoms with Crippen molar-refractivity contribution in [1.29, 1.82) is 0 Å². The fourth-order valence-electron chi connectivity index (χ4n) is 13.4. The first-order chi connectivity index (χ1) is 44.5. The molecular formula is C84H163NO5. The molecule has 0 aromatic heterocycles. The van der Waals surface area contributed by atoms with E-state index >= 15 is 0 Å². The van der Waals surface area contributed by atoms with Crippen molar-refractivity contribution in [2.24, 2.45) is 0 Å². The van der Waals surface area contributed by atoms with E-state index in [1.165, 1.54) is 405 Å². The number of nitrogens with one attached hydrogen (secondary N) is 1. The Labute approximate surface area is 564 Å². The maximum Gasteiger partial charge on any atom is 0.305 e. The first-order valence-corrected chi connectivity index (χ1v) is 41.6. The Hall–Kier alpha value is -1.66. The number of amides is 1. The molecule has 0 heterocycles. The van der Waals surface area contributed by atoms with Gasteiger partial charge in [-0.05, 0) is 57.8 Å². The molecule has 0 spiro atoms. The summed E-state index contributed by atoms with van der Waals surface area (Å²) >= 11 is 0. The Morgan fingerprint density at radius 3 is 0.811 bits per heavy atom. The van der Waals surface area contributed by atoms with E-state index in [0.29, 0.717) is 19.4 Å². The van der Waals surface area contributed by atoms with Crippen LogP contribution in [0.25, 0.3) is 0 Å². The van der Waals surface area contributed by atoms with E-state index < -0.39 is 12.1 Å². The van der Waals surface area contributed by atoms with E-state index in [1.54, 1.807) is 6.08 Å². The number of rotatable bonds is 79. The average Bonchev–Trinajstić information content (AvgIpc) is 3.63. The maximum atomic E-state index is 12.6. The third kappa shape index (κ3) is 75.4. The predicted molar refractivity (Wildman–Crippen MR) is 398 cm³/mol. The van der Waals surface area contributed by atoms with Crippen LogP contribution in [0.3, 0.4) is 0 Å². The van der Waals surface area contributed by atoms with Gasteiger partial charge in [0.25, 0.3) is 0 Å². The van der Waals surface area contributed by atoms with Crippen LogP contribution >= 0.6 is 0 Å². The van der Waals surface area contributed by atoms with E-state index in [9.17, 15) is 19.8 Å². The standard InChI is InChI=1S/C84H163NO5/c1-3-5-7-9-11-13-15-17-18-19-20-21-22-38-41-44-47-50-53-56-60-64-68-72-76-82(87)81(80-86)85-83(88)77-73-69-65-61-57-54-51-48-45-42-39-36-34-32-30-28-26-24-23-25-27-29-31-33-35-37-40-43-46-49-52-55-59-63-67-71-75-79-90-84(89)78-74-70-66-62-58-16-14-12-10-8-6-4-2/h12,14,72,76,81-82,86-87H,3-11,13,15-71,73-75,77-80H2,1-2H3,(H,85,88)/b14-12-,76-72+. The summed E-state index contributed by atoms with van der Waals surface area (Å²) in [6, 6.07) is -0.625. The predicted octanol–water partition coefficient (Wildman–Crippen LogP) is 27.6. The molecule has 0 saturated heterocycles. The van der Waals surface area contributed by atoms with Gasteiger partial charge in [-0.2, -0.15) is 0 Å². The number of hydrogen-bond donors (Lipinski definition) is 3. The summed E-state index contributed by atoms with van der Waals surface area (Å²) in [7, 11) is 0. The van der Waals surface area contributed by atoms with Gasteiger partial charge in [0.2, 0.25) is 5.91 Å². The molecule has 3 N–H and O–H groups in total. The molecular weight excluding hydrogens is 1100 g/mol. The number of allylic oxidation sites excluding steroid dienone is 3. The molecule has 0 aromatic carbocycles. The van der Waals surface area contributed by atoms with Gasteiger partial charge in [0.05, 0.1) is 25.4 Å². The first kappa shape index (κ1) is 88.3. The number of esters is 1. The molecule has 0 aromatic rings. The molecule has 0 radical (unpaired) electrons. The molecule has 0 bridgehead atoms. The molecule has 0 fully saturated rings. The number of carbonyl (C=O) groups is 2. The summed E-state index contributed by atoms with van der Waals surface area (Å²) in [5.41, 5.74) is 0. The topological polar surface area (TPSA) is 95.9 Å². The Balaban J connectivity index is 3.33. The van der Waals surface area contributed by atoms with Crippen LogP contribution in [0.4, 0.5) is 0 Å². The molecule has 0 aliphatic heterocycles. The van der Waals surface area contributed by atoms with Crippen molar-refractivity contribution in [3.05, 3.63) is 24.3 Å². The van der Waals surface area contributed by atoms with Crippen molar-refractivity contribution < 1.29 is 24.5 Å². The second-order valence-corrected chi connectivity index (χ2v) is 28.8. The zero-order valence-electron chi connectivity index (χ0n) is 61.4. The molecule has 90 heavy (non-hydrogen) atoms. The van der Waals surface area contributed by atoms with Gasteiger partial charge in [-0.1, -0.05) is 430 Å². The van der Waals surface area contributed by atoms with E-state index in [1.807, 2.05) is 6.08 Å². The SMILES string of the molecule is CCCCC/C=C\CCCCCCCC(=O)OCCCCCCCCCCCCCCCCCCCCCCCCCCCCCCCCCCCCCCCC(=O)NC(CO)C(O)/C=C/CCCCCCCCCCCCCCCCCCCCCCCC. The number of aliphatic hydroxyl groups is 2. The zero-order valence-corrected chi connectivity index (χ0v) is 61.4. The van der Waals surface area contributed by atoms with Gasteiger partial charge in [0.15, 0.2) is 0 Å². The number of hydrogen-bond acceptors (Lipinski definition) is 5. The molecule has 6 heteroatoms. The van der Waals surface area contributed by atoms with Crippen molar-refractivity contribution in [3.63, 3.8) is 0 Å². The summed E-state index contributed by atoms with van der Waals surface area (Å²) in [6.07, 6.45) is 103. The number of ether oxygens (including phenoxy) is 1.